The van der Waals surface area contributed by atoms with Crippen molar-refractivity contribution in [2.45, 2.75) is 33.7 Å². The van der Waals surface area contributed by atoms with Crippen molar-refractivity contribution in [2.75, 3.05) is 18.9 Å². The maximum atomic E-state index is 13.0. The molecule has 0 spiro atoms. The molecule has 3 nitrogen and oxygen atoms in total. The number of halogens is 1. The van der Waals surface area contributed by atoms with Crippen molar-refractivity contribution in [1.82, 2.24) is 0 Å². The Morgan fingerprint density at radius 1 is 1.12 bits per heavy atom. The van der Waals surface area contributed by atoms with Crippen LogP contribution in [0.25, 0.3) is 0 Å². The van der Waals surface area contributed by atoms with E-state index in [1.54, 1.807) is 12.1 Å². The quantitative estimate of drug-likeness (QED) is 0.869. The van der Waals surface area contributed by atoms with Crippen LogP contribution in [0.5, 0.6) is 0 Å². The van der Waals surface area contributed by atoms with E-state index >= 15 is 0 Å². The second kappa shape index (κ2) is 7.58. The van der Waals surface area contributed by atoms with Gasteiger partial charge in [0.15, 0.2) is 6.54 Å². The number of hydrogen-bond donors (Lipinski definition) is 2. The second-order valence-corrected chi connectivity index (χ2v) is 6.62. The molecule has 0 radical (unpaired) electrons. The number of benzene rings is 2. The van der Waals surface area contributed by atoms with Gasteiger partial charge in [0.1, 0.15) is 11.9 Å². The number of quaternary nitrogens is 1. The van der Waals surface area contributed by atoms with Gasteiger partial charge >= 0.3 is 0 Å². The van der Waals surface area contributed by atoms with E-state index in [2.05, 4.69) is 17.4 Å². The number of likely N-dealkylation sites (N-methyl/N-ethyl adjacent to an activating group) is 1. The maximum Gasteiger partial charge on any atom is 0.279 e. The van der Waals surface area contributed by atoms with Gasteiger partial charge in [-0.2, -0.15) is 0 Å². The van der Waals surface area contributed by atoms with Crippen LogP contribution < -0.4 is 10.2 Å². The Morgan fingerprint density at radius 3 is 2.21 bits per heavy atom. The number of hydrogen-bond acceptors (Lipinski definition) is 1. The van der Waals surface area contributed by atoms with E-state index in [1.165, 1.54) is 17.7 Å². The lowest BCUT2D eigenvalue weighted by Gasteiger charge is -2.22. The average molecular weight is 329 g/mol. The molecule has 0 heterocycles. The molecule has 2 N–H and O–H groups in total. The van der Waals surface area contributed by atoms with Crippen molar-refractivity contribution in [1.29, 1.82) is 0 Å². The van der Waals surface area contributed by atoms with Crippen LogP contribution in [-0.2, 0) is 4.79 Å². The lowest BCUT2D eigenvalue weighted by Crippen LogP contribution is -3.10. The van der Waals surface area contributed by atoms with Gasteiger partial charge in [-0.25, -0.2) is 4.39 Å². The first-order chi connectivity index (χ1) is 11.3. The summed E-state index contributed by atoms with van der Waals surface area (Å²) in [6.45, 7) is 8.46. The van der Waals surface area contributed by atoms with Crippen molar-refractivity contribution >= 4 is 11.6 Å². The normalized spacial score (nSPS) is 13.4. The number of amides is 1. The Hall–Kier alpha value is -2.20. The minimum Gasteiger partial charge on any atom is -0.324 e. The zero-order valence-corrected chi connectivity index (χ0v) is 15.0. The minimum atomic E-state index is -0.244. The molecule has 1 unspecified atom stereocenters. The first-order valence-corrected chi connectivity index (χ1v) is 8.23. The fraction of sp³-hybridized carbons (Fsp3) is 0.350. The number of anilines is 1. The summed E-state index contributed by atoms with van der Waals surface area (Å²) in [6.07, 6.45) is 0. The zero-order valence-electron chi connectivity index (χ0n) is 15.0. The molecular formula is C20H26FN2O+. The van der Waals surface area contributed by atoms with Crippen molar-refractivity contribution < 1.29 is 14.1 Å². The summed E-state index contributed by atoms with van der Waals surface area (Å²) >= 11 is 0. The van der Waals surface area contributed by atoms with Gasteiger partial charge in [-0.3, -0.25) is 4.79 Å². The van der Waals surface area contributed by atoms with Crippen LogP contribution in [0.15, 0.2) is 36.4 Å². The van der Waals surface area contributed by atoms with Crippen LogP contribution in [0.3, 0.4) is 0 Å². The molecule has 2 aromatic rings. The molecule has 128 valence electrons. The lowest BCUT2D eigenvalue weighted by molar-refractivity contribution is -0.902. The van der Waals surface area contributed by atoms with Crippen LogP contribution in [0.1, 0.15) is 35.2 Å². The summed E-state index contributed by atoms with van der Waals surface area (Å²) in [7, 11) is 1.97. The van der Waals surface area contributed by atoms with Crippen molar-refractivity contribution in [3.8, 4) is 0 Å². The molecule has 0 aromatic heterocycles. The molecule has 2 atom stereocenters. The molecule has 24 heavy (non-hydrogen) atoms. The van der Waals surface area contributed by atoms with E-state index < -0.39 is 0 Å². The summed E-state index contributed by atoms with van der Waals surface area (Å²) in [4.78, 5) is 13.5. The summed E-state index contributed by atoms with van der Waals surface area (Å²) in [5, 5.41) is 3.03. The Morgan fingerprint density at radius 2 is 1.67 bits per heavy atom. The average Bonchev–Trinajstić information content (AvgIpc) is 2.50. The van der Waals surface area contributed by atoms with Gasteiger partial charge in [0.05, 0.1) is 7.05 Å². The second-order valence-electron chi connectivity index (χ2n) is 6.62. The Bertz CT molecular complexity index is 702. The number of rotatable bonds is 5. The fourth-order valence-electron chi connectivity index (χ4n) is 3.00. The highest BCUT2D eigenvalue weighted by atomic mass is 19.1. The molecule has 4 heteroatoms. The molecular weight excluding hydrogens is 303 g/mol. The van der Waals surface area contributed by atoms with E-state index in [0.29, 0.717) is 6.54 Å². The standard InChI is InChI=1S/C20H25FN2O/c1-13-10-14(2)20(15(3)11-13)22-19(24)12-23(5)16(4)17-6-8-18(21)9-7-17/h6-11,16H,12H2,1-5H3,(H,22,24)/p+1/t16-/m1/s1. The summed E-state index contributed by atoms with van der Waals surface area (Å²) in [5.41, 5.74) is 5.25. The molecule has 1 amide bonds. The minimum absolute atomic E-state index is 0.0171. The van der Waals surface area contributed by atoms with Crippen molar-refractivity contribution in [2.24, 2.45) is 0 Å². The Labute approximate surface area is 143 Å². The largest absolute Gasteiger partial charge is 0.324 e. The smallest absolute Gasteiger partial charge is 0.279 e. The topological polar surface area (TPSA) is 33.5 Å². The van der Waals surface area contributed by atoms with Gasteiger partial charge in [-0.15, -0.1) is 0 Å². The molecule has 0 fully saturated rings. The van der Waals surface area contributed by atoms with Crippen molar-refractivity contribution in [3.63, 3.8) is 0 Å². The number of nitrogens with one attached hydrogen (secondary N) is 2. The summed E-state index contributed by atoms with van der Waals surface area (Å²) in [6, 6.07) is 10.7. The lowest BCUT2D eigenvalue weighted by atomic mass is 10.0. The maximum absolute atomic E-state index is 13.0. The highest BCUT2D eigenvalue weighted by Gasteiger charge is 2.19. The first-order valence-electron chi connectivity index (χ1n) is 8.23. The first kappa shape index (κ1) is 18.1. The van der Waals surface area contributed by atoms with Crippen molar-refractivity contribution in [3.05, 3.63) is 64.5 Å². The van der Waals surface area contributed by atoms with Gasteiger partial charge in [0.2, 0.25) is 0 Å². The molecule has 2 rings (SSSR count). The van der Waals surface area contributed by atoms with Gasteiger partial charge < -0.3 is 10.2 Å². The van der Waals surface area contributed by atoms with E-state index in [9.17, 15) is 9.18 Å². The zero-order chi connectivity index (χ0) is 17.9. The number of aryl methyl sites for hydroxylation is 3. The van der Waals surface area contributed by atoms with Crippen LogP contribution in [0, 0.1) is 26.6 Å². The Kier molecular flexibility index (Phi) is 5.73. The van der Waals surface area contributed by atoms with Gasteiger partial charge in [-0.1, -0.05) is 29.8 Å². The van der Waals surface area contributed by atoms with E-state index in [1.807, 2.05) is 34.7 Å². The molecule has 0 saturated heterocycles. The van der Waals surface area contributed by atoms with Crippen LogP contribution in [-0.4, -0.2) is 19.5 Å². The number of carbonyl (C=O) groups is 1. The molecule has 0 aliphatic heterocycles. The van der Waals surface area contributed by atoms with Crippen LogP contribution in [0.2, 0.25) is 0 Å². The van der Waals surface area contributed by atoms with E-state index in [4.69, 9.17) is 0 Å². The highest BCUT2D eigenvalue weighted by Crippen LogP contribution is 2.21. The molecule has 0 aliphatic rings. The highest BCUT2D eigenvalue weighted by molar-refractivity contribution is 5.93. The third-order valence-corrected chi connectivity index (χ3v) is 4.49. The molecule has 0 saturated carbocycles. The van der Waals surface area contributed by atoms with Gasteiger partial charge in [0.25, 0.3) is 5.91 Å². The van der Waals surface area contributed by atoms with Crippen LogP contribution in [0.4, 0.5) is 10.1 Å². The van der Waals surface area contributed by atoms with Crippen LogP contribution >= 0.6 is 0 Å². The van der Waals surface area contributed by atoms with E-state index in [0.717, 1.165) is 27.3 Å². The molecule has 0 bridgehead atoms. The van der Waals surface area contributed by atoms with E-state index in [-0.39, 0.29) is 17.8 Å². The van der Waals surface area contributed by atoms with Gasteiger partial charge in [0, 0.05) is 11.3 Å². The molecule has 0 aliphatic carbocycles. The summed E-state index contributed by atoms with van der Waals surface area (Å²) < 4.78 is 13.0. The number of carbonyl (C=O) groups excluding carboxylic acids is 1. The van der Waals surface area contributed by atoms with Gasteiger partial charge in [-0.05, 0) is 51.0 Å². The fourth-order valence-corrected chi connectivity index (χ4v) is 3.00. The predicted molar refractivity (Wildman–Crippen MR) is 95.9 cm³/mol. The summed E-state index contributed by atoms with van der Waals surface area (Å²) in [5.74, 6) is -0.261. The monoisotopic (exact) mass is 329 g/mol. The SMILES string of the molecule is Cc1cc(C)c(NC(=O)C[NH+](C)[C@H](C)c2ccc(F)cc2)c(C)c1. The molecule has 2 aromatic carbocycles. The third kappa shape index (κ3) is 4.42. The Balaban J connectivity index is 2.03. The third-order valence-electron chi connectivity index (χ3n) is 4.49. The predicted octanol–water partition coefficient (Wildman–Crippen LogP) is 2.97.